The summed E-state index contributed by atoms with van der Waals surface area (Å²) in [4.78, 5) is 22.2. The van der Waals surface area contributed by atoms with Gasteiger partial charge < -0.3 is 10.5 Å². The summed E-state index contributed by atoms with van der Waals surface area (Å²) in [6.45, 7) is 6.25. The van der Waals surface area contributed by atoms with Gasteiger partial charge in [0.2, 0.25) is 11.8 Å². The van der Waals surface area contributed by atoms with Gasteiger partial charge >= 0.3 is 0 Å². The van der Waals surface area contributed by atoms with Crippen LogP contribution in [0.4, 0.5) is 0 Å². The lowest BCUT2D eigenvalue weighted by atomic mass is 10.1. The zero-order valence-electron chi connectivity index (χ0n) is 14.0. The van der Waals surface area contributed by atoms with Gasteiger partial charge in [0.15, 0.2) is 0 Å². The first-order valence-corrected chi connectivity index (χ1v) is 7.73. The summed E-state index contributed by atoms with van der Waals surface area (Å²) in [7, 11) is 0. The SMILES string of the molecule is C/C(=N\NC(=O)CC(C)C)c1ccc(OCCCC(N)=O)cc1. The Kier molecular flexibility index (Phi) is 7.80. The Morgan fingerprint density at radius 2 is 1.91 bits per heavy atom. The van der Waals surface area contributed by atoms with Crippen molar-refractivity contribution in [2.75, 3.05) is 6.61 Å². The molecule has 0 saturated heterocycles. The van der Waals surface area contributed by atoms with Gasteiger partial charge in [-0.3, -0.25) is 9.59 Å². The topological polar surface area (TPSA) is 93.8 Å². The molecule has 1 aromatic rings. The minimum atomic E-state index is -0.324. The second-order valence-electron chi connectivity index (χ2n) is 5.77. The lowest BCUT2D eigenvalue weighted by Gasteiger charge is -2.07. The van der Waals surface area contributed by atoms with Crippen LogP contribution in [0.2, 0.25) is 0 Å². The van der Waals surface area contributed by atoms with Crippen LogP contribution >= 0.6 is 0 Å². The molecule has 6 nitrogen and oxygen atoms in total. The number of primary amides is 1. The number of rotatable bonds is 9. The van der Waals surface area contributed by atoms with E-state index < -0.39 is 0 Å². The molecule has 23 heavy (non-hydrogen) atoms. The van der Waals surface area contributed by atoms with Crippen LogP contribution < -0.4 is 15.9 Å². The van der Waals surface area contributed by atoms with Crippen LogP contribution in [0, 0.1) is 5.92 Å². The standard InChI is InChI=1S/C17H25N3O3/c1-12(2)11-17(22)20-19-13(3)14-6-8-15(9-7-14)23-10-4-5-16(18)21/h6-9,12H,4-5,10-11H2,1-3H3,(H2,18,21)(H,20,22)/b19-13+. The van der Waals surface area contributed by atoms with Crippen molar-refractivity contribution < 1.29 is 14.3 Å². The quantitative estimate of drug-likeness (QED) is 0.415. The molecule has 2 amide bonds. The van der Waals surface area contributed by atoms with Crippen molar-refractivity contribution in [3.63, 3.8) is 0 Å². The molecule has 0 aliphatic heterocycles. The summed E-state index contributed by atoms with van der Waals surface area (Å²) < 4.78 is 5.52. The molecule has 0 unspecified atom stereocenters. The number of nitrogens with one attached hydrogen (secondary N) is 1. The molecule has 1 aromatic carbocycles. The predicted octanol–water partition coefficient (Wildman–Crippen LogP) is 2.22. The van der Waals surface area contributed by atoms with Crippen molar-refractivity contribution in [2.24, 2.45) is 16.8 Å². The molecule has 0 radical (unpaired) electrons. The maximum Gasteiger partial charge on any atom is 0.240 e. The van der Waals surface area contributed by atoms with Gasteiger partial charge in [-0.25, -0.2) is 5.43 Å². The van der Waals surface area contributed by atoms with Crippen LogP contribution in [0.3, 0.4) is 0 Å². The van der Waals surface area contributed by atoms with E-state index in [1.54, 1.807) is 0 Å². The summed E-state index contributed by atoms with van der Waals surface area (Å²) >= 11 is 0. The molecule has 0 bridgehead atoms. The number of hydrogen-bond acceptors (Lipinski definition) is 4. The third-order valence-corrected chi connectivity index (χ3v) is 3.05. The highest BCUT2D eigenvalue weighted by molar-refractivity contribution is 5.99. The van der Waals surface area contributed by atoms with Crippen molar-refractivity contribution in [3.8, 4) is 5.75 Å². The van der Waals surface area contributed by atoms with Crippen molar-refractivity contribution in [2.45, 2.75) is 40.0 Å². The lowest BCUT2D eigenvalue weighted by Crippen LogP contribution is -2.20. The minimum absolute atomic E-state index is 0.0891. The van der Waals surface area contributed by atoms with Crippen molar-refractivity contribution in [1.29, 1.82) is 0 Å². The van der Waals surface area contributed by atoms with E-state index in [1.165, 1.54) is 0 Å². The normalized spacial score (nSPS) is 11.4. The molecule has 0 spiro atoms. The summed E-state index contributed by atoms with van der Waals surface area (Å²) in [5.74, 6) is 0.607. The van der Waals surface area contributed by atoms with E-state index in [-0.39, 0.29) is 11.8 Å². The summed E-state index contributed by atoms with van der Waals surface area (Å²) in [6, 6.07) is 7.40. The van der Waals surface area contributed by atoms with Gasteiger partial charge in [0.05, 0.1) is 12.3 Å². The molecule has 0 aliphatic carbocycles. The molecule has 0 fully saturated rings. The number of hydrogen-bond donors (Lipinski definition) is 2. The molecule has 0 atom stereocenters. The fourth-order valence-corrected chi connectivity index (χ4v) is 1.86. The number of benzene rings is 1. The summed E-state index contributed by atoms with van der Waals surface area (Å²) in [5.41, 5.74) is 9.24. The van der Waals surface area contributed by atoms with Crippen molar-refractivity contribution in [3.05, 3.63) is 29.8 Å². The Balaban J connectivity index is 2.48. The van der Waals surface area contributed by atoms with E-state index in [2.05, 4.69) is 10.5 Å². The highest BCUT2D eigenvalue weighted by Crippen LogP contribution is 2.13. The van der Waals surface area contributed by atoms with Crippen molar-refractivity contribution in [1.82, 2.24) is 5.43 Å². The number of ether oxygens (including phenoxy) is 1. The molecular formula is C17H25N3O3. The molecule has 3 N–H and O–H groups in total. The van der Waals surface area contributed by atoms with Crippen LogP contribution in [0.1, 0.15) is 45.6 Å². The average molecular weight is 319 g/mol. The second-order valence-corrected chi connectivity index (χ2v) is 5.77. The van der Waals surface area contributed by atoms with E-state index in [0.717, 1.165) is 17.0 Å². The van der Waals surface area contributed by atoms with Gasteiger partial charge in [-0.05, 0) is 49.1 Å². The number of hydrazone groups is 1. The molecule has 0 aliphatic rings. The van der Waals surface area contributed by atoms with Crippen LogP contribution in [-0.4, -0.2) is 24.1 Å². The van der Waals surface area contributed by atoms with Gasteiger partial charge in [-0.2, -0.15) is 5.10 Å². The highest BCUT2D eigenvalue weighted by Gasteiger charge is 2.04. The predicted molar refractivity (Wildman–Crippen MR) is 90.2 cm³/mol. The maximum absolute atomic E-state index is 11.6. The molecule has 126 valence electrons. The zero-order chi connectivity index (χ0) is 17.2. The average Bonchev–Trinajstić information content (AvgIpc) is 2.49. The Bertz CT molecular complexity index is 551. The van der Waals surface area contributed by atoms with Crippen LogP contribution in [0.5, 0.6) is 5.75 Å². The molecular weight excluding hydrogens is 294 g/mol. The number of carbonyl (C=O) groups is 2. The van der Waals surface area contributed by atoms with Crippen molar-refractivity contribution >= 4 is 17.5 Å². The maximum atomic E-state index is 11.6. The van der Waals surface area contributed by atoms with E-state index in [0.29, 0.717) is 31.8 Å². The smallest absolute Gasteiger partial charge is 0.240 e. The molecule has 6 heteroatoms. The number of carbonyl (C=O) groups excluding carboxylic acids is 2. The second kappa shape index (κ2) is 9.61. The third-order valence-electron chi connectivity index (χ3n) is 3.05. The molecule has 0 saturated carbocycles. The first kappa shape index (κ1) is 18.7. The van der Waals surface area contributed by atoms with Gasteiger partial charge in [-0.1, -0.05) is 13.8 Å². The van der Waals surface area contributed by atoms with Crippen LogP contribution in [0.25, 0.3) is 0 Å². The third kappa shape index (κ3) is 7.99. The monoisotopic (exact) mass is 319 g/mol. The fraction of sp³-hybridized carbons (Fsp3) is 0.471. The number of amides is 2. The lowest BCUT2D eigenvalue weighted by molar-refractivity contribution is -0.121. The largest absolute Gasteiger partial charge is 0.494 e. The van der Waals surface area contributed by atoms with E-state index in [9.17, 15) is 9.59 Å². The van der Waals surface area contributed by atoms with E-state index in [4.69, 9.17) is 10.5 Å². The number of nitrogens with two attached hydrogens (primary N) is 1. The van der Waals surface area contributed by atoms with Gasteiger partial charge in [-0.15, -0.1) is 0 Å². The van der Waals surface area contributed by atoms with Gasteiger partial charge in [0.25, 0.3) is 0 Å². The first-order valence-electron chi connectivity index (χ1n) is 7.73. The van der Waals surface area contributed by atoms with Gasteiger partial charge in [0, 0.05) is 12.8 Å². The summed E-state index contributed by atoms with van der Waals surface area (Å²) in [6.07, 6.45) is 1.37. The molecule has 0 aromatic heterocycles. The van der Waals surface area contributed by atoms with Gasteiger partial charge in [0.1, 0.15) is 5.75 Å². The highest BCUT2D eigenvalue weighted by atomic mass is 16.5. The van der Waals surface area contributed by atoms with E-state index in [1.807, 2.05) is 45.0 Å². The Hall–Kier alpha value is -2.37. The molecule has 0 heterocycles. The van der Waals surface area contributed by atoms with E-state index >= 15 is 0 Å². The number of nitrogens with zero attached hydrogens (tertiary/aromatic N) is 1. The first-order chi connectivity index (χ1) is 10.9. The van der Waals surface area contributed by atoms with Crippen LogP contribution in [0.15, 0.2) is 29.4 Å². The Morgan fingerprint density at radius 3 is 2.48 bits per heavy atom. The Morgan fingerprint density at radius 1 is 1.26 bits per heavy atom. The minimum Gasteiger partial charge on any atom is -0.494 e. The molecule has 1 rings (SSSR count). The summed E-state index contributed by atoms with van der Waals surface area (Å²) in [5, 5.41) is 4.10. The van der Waals surface area contributed by atoms with Crippen LogP contribution in [-0.2, 0) is 9.59 Å². The zero-order valence-corrected chi connectivity index (χ0v) is 14.0. The Labute approximate surface area is 137 Å². The fourth-order valence-electron chi connectivity index (χ4n) is 1.86.